The quantitative estimate of drug-likeness (QED) is 0.242. The van der Waals surface area contributed by atoms with E-state index >= 15 is 0 Å². The van der Waals surface area contributed by atoms with Crippen molar-refractivity contribution in [1.82, 2.24) is 13.8 Å². The van der Waals surface area contributed by atoms with Crippen molar-refractivity contribution >= 4 is 47.2 Å². The van der Waals surface area contributed by atoms with Crippen LogP contribution in [0.5, 0.6) is 5.75 Å². The Balaban J connectivity index is 0.00000167. The molecule has 6 nitrogen and oxygen atoms in total. The van der Waals surface area contributed by atoms with Gasteiger partial charge < -0.3 is 14.4 Å². The lowest BCUT2D eigenvalue weighted by molar-refractivity contribution is 0.0595. The zero-order chi connectivity index (χ0) is 25.7. The number of methoxy groups -OCH3 is 2. The maximum Gasteiger partial charge on any atom is 0.340 e. The third-order valence-corrected chi connectivity index (χ3v) is 8.05. The summed E-state index contributed by atoms with van der Waals surface area (Å²) in [6, 6.07) is 9.03. The van der Waals surface area contributed by atoms with Crippen molar-refractivity contribution in [2.75, 3.05) is 40.9 Å². The number of esters is 1. The summed E-state index contributed by atoms with van der Waals surface area (Å²) in [7, 11) is 6.68. The Hall–Kier alpha value is -1.82. The summed E-state index contributed by atoms with van der Waals surface area (Å²) >= 11 is 2.29. The summed E-state index contributed by atoms with van der Waals surface area (Å²) in [5.74, 6) is -0.360. The minimum Gasteiger partial charge on any atom is -0.496 e. The number of ether oxygens (including phenoxy) is 2. The van der Waals surface area contributed by atoms with E-state index < -0.39 is 11.8 Å². The molecule has 1 atom stereocenters. The van der Waals surface area contributed by atoms with Crippen molar-refractivity contribution in [1.29, 1.82) is 0 Å². The first-order valence-electron chi connectivity index (χ1n) is 11.6. The highest BCUT2D eigenvalue weighted by molar-refractivity contribution is 14.2. The van der Waals surface area contributed by atoms with Gasteiger partial charge in [0.25, 0.3) is 0 Å². The van der Waals surface area contributed by atoms with Gasteiger partial charge in [0.15, 0.2) is 0 Å². The van der Waals surface area contributed by atoms with E-state index in [0.717, 1.165) is 42.1 Å². The topological polar surface area (TPSA) is 46.9 Å². The number of fused-ring (bicyclic) bond motifs is 1. The van der Waals surface area contributed by atoms with Crippen molar-refractivity contribution in [3.05, 3.63) is 64.6 Å². The number of carbonyl (C=O) groups excluding carboxylic acids is 1. The minimum atomic E-state index is -0.666. The number of aryl methyl sites for hydroxylation is 1. The smallest absolute Gasteiger partial charge is 0.340 e. The molecule has 0 bridgehead atoms. The van der Waals surface area contributed by atoms with E-state index in [0.29, 0.717) is 6.54 Å². The fraction of sp³-hybridized carbons (Fsp3) is 0.423. The fourth-order valence-corrected chi connectivity index (χ4v) is 6.01. The Morgan fingerprint density at radius 2 is 1.94 bits per heavy atom. The van der Waals surface area contributed by atoms with Crippen LogP contribution in [-0.2, 0) is 11.3 Å². The predicted octanol–water partition coefficient (Wildman–Crippen LogP) is 6.25. The van der Waals surface area contributed by atoms with Gasteiger partial charge >= 0.3 is 5.97 Å². The van der Waals surface area contributed by atoms with Gasteiger partial charge in [-0.25, -0.2) is 9.18 Å². The van der Waals surface area contributed by atoms with Gasteiger partial charge in [-0.05, 0) is 49.4 Å². The van der Waals surface area contributed by atoms with E-state index in [4.69, 9.17) is 9.47 Å². The lowest BCUT2D eigenvalue weighted by Gasteiger charge is -2.40. The molecule has 1 aliphatic rings. The van der Waals surface area contributed by atoms with Gasteiger partial charge in [0.2, 0.25) is 0 Å². The number of likely N-dealkylation sites (N-methyl/N-ethyl adjacent to an activating group) is 1. The summed E-state index contributed by atoms with van der Waals surface area (Å²) in [6.45, 7) is 9.29. The van der Waals surface area contributed by atoms with Crippen molar-refractivity contribution in [3.8, 4) is 5.75 Å². The number of piperazine rings is 1. The van der Waals surface area contributed by atoms with Crippen molar-refractivity contribution in [2.45, 2.75) is 33.4 Å². The van der Waals surface area contributed by atoms with E-state index in [1.165, 1.54) is 30.1 Å². The Morgan fingerprint density at radius 3 is 2.57 bits per heavy atom. The number of hydrogen-bond donors (Lipinski definition) is 0. The lowest BCUT2D eigenvalue weighted by atomic mass is 9.98. The number of nitrogens with zero attached hydrogens (tertiary/aromatic N) is 3. The molecule has 2 aromatic carbocycles. The first kappa shape index (κ1) is 27.8. The van der Waals surface area contributed by atoms with Crippen molar-refractivity contribution < 1.29 is 18.7 Å². The van der Waals surface area contributed by atoms with Crippen LogP contribution in [0.1, 0.15) is 46.9 Å². The zero-order valence-corrected chi connectivity index (χ0v) is 24.1. The van der Waals surface area contributed by atoms with Gasteiger partial charge in [0.1, 0.15) is 11.6 Å². The van der Waals surface area contributed by atoms with Crippen LogP contribution in [0.3, 0.4) is 0 Å². The van der Waals surface area contributed by atoms with Crippen LogP contribution in [0, 0.1) is 12.7 Å². The molecule has 1 aromatic heterocycles. The second-order valence-electron chi connectivity index (χ2n) is 8.33. The highest BCUT2D eigenvalue weighted by Crippen LogP contribution is 2.37. The molecule has 0 amide bonds. The normalized spacial score (nSPS) is 16.6. The van der Waals surface area contributed by atoms with Crippen molar-refractivity contribution in [3.63, 3.8) is 0 Å². The molecule has 190 valence electrons. The number of hydrogen-bond acceptors (Lipinski definition) is 6. The Morgan fingerprint density at radius 1 is 1.20 bits per heavy atom. The summed E-state index contributed by atoms with van der Waals surface area (Å²) in [6.07, 6.45) is 2.08. The second kappa shape index (κ2) is 12.4. The van der Waals surface area contributed by atoms with Gasteiger partial charge in [-0.1, -0.05) is 19.9 Å². The monoisotopic (exact) mass is 613 g/mol. The maximum absolute atomic E-state index is 14.7. The third-order valence-electron chi connectivity index (χ3n) is 6.33. The third kappa shape index (κ3) is 5.79. The van der Waals surface area contributed by atoms with Crippen LogP contribution in [0.4, 0.5) is 4.39 Å². The van der Waals surface area contributed by atoms with Crippen LogP contribution in [0.25, 0.3) is 10.9 Å². The Kier molecular flexibility index (Phi) is 9.86. The molecule has 1 unspecified atom stereocenters. The lowest BCUT2D eigenvalue weighted by Crippen LogP contribution is -2.46. The fourth-order valence-electron chi connectivity index (χ4n) is 4.61. The van der Waals surface area contributed by atoms with Gasteiger partial charge in [0.05, 0.1) is 25.3 Å². The van der Waals surface area contributed by atoms with Crippen LogP contribution in [-0.4, -0.2) is 60.6 Å². The van der Waals surface area contributed by atoms with E-state index in [9.17, 15) is 9.18 Å². The largest absolute Gasteiger partial charge is 0.496 e. The zero-order valence-electron chi connectivity index (χ0n) is 21.1. The number of carbonyl (C=O) groups is 1. The molecule has 0 N–H and O–H groups in total. The van der Waals surface area contributed by atoms with Crippen molar-refractivity contribution in [2.24, 2.45) is 0 Å². The molecule has 3 aromatic rings. The molecule has 0 aliphatic carbocycles. The van der Waals surface area contributed by atoms with E-state index in [1.54, 1.807) is 16.2 Å². The highest BCUT2D eigenvalue weighted by Gasteiger charge is 2.29. The molecule has 0 radical (unpaired) electrons. The molecule has 2 heterocycles. The molecule has 1 aliphatic heterocycles. The number of aromatic nitrogens is 1. The second-order valence-corrected chi connectivity index (χ2v) is 10.0. The van der Waals surface area contributed by atoms with Gasteiger partial charge in [-0.3, -0.25) is 8.87 Å². The summed E-state index contributed by atoms with van der Waals surface area (Å²) in [5, 5.41) is 1.17. The number of rotatable bonds is 6. The average molecular weight is 614 g/mol. The molecule has 1 fully saturated rings. The van der Waals surface area contributed by atoms with Gasteiger partial charge in [-0.15, -0.1) is 0 Å². The molecule has 1 saturated heterocycles. The summed E-state index contributed by atoms with van der Waals surface area (Å²) in [5.41, 5.74) is 4.27. The Bertz CT molecular complexity index is 1190. The molecular weight excluding hydrogens is 580 g/mol. The molecular formula is C26H33FIN3O3S. The van der Waals surface area contributed by atoms with Crippen LogP contribution in [0.2, 0.25) is 0 Å². The van der Waals surface area contributed by atoms with Crippen LogP contribution >= 0.6 is 30.3 Å². The standard InChI is InChI=1S/C24H27FIN3O3S.C2H6/c1-15-11-22(31-3)19(17-7-8-29(33-26)23(15)17)13-28-10-9-27(2)14-21(28)16-5-6-18(20(25)12-16)24(30)32-4;1-2/h5-8,11-12,21H,9-10,13-14H2,1-4H3;1-2H3. The number of benzene rings is 2. The minimum absolute atomic E-state index is 0.0213. The first-order chi connectivity index (χ1) is 16.9. The molecule has 35 heavy (non-hydrogen) atoms. The Labute approximate surface area is 223 Å². The maximum atomic E-state index is 14.7. The average Bonchev–Trinajstić information content (AvgIpc) is 3.32. The van der Waals surface area contributed by atoms with Gasteiger partial charge in [0, 0.05) is 79.7 Å². The summed E-state index contributed by atoms with van der Waals surface area (Å²) < 4.78 is 27.4. The van der Waals surface area contributed by atoms with Crippen LogP contribution < -0.4 is 4.74 Å². The van der Waals surface area contributed by atoms with E-state index in [2.05, 4.69) is 67.3 Å². The number of halogens is 2. The molecule has 4 rings (SSSR count). The predicted molar refractivity (Wildman–Crippen MR) is 150 cm³/mol. The molecule has 9 heteroatoms. The van der Waals surface area contributed by atoms with Gasteiger partial charge in [-0.2, -0.15) is 0 Å². The molecule has 0 spiro atoms. The summed E-state index contributed by atoms with van der Waals surface area (Å²) in [4.78, 5) is 16.4. The van der Waals surface area contributed by atoms with Crippen LogP contribution in [0.15, 0.2) is 36.5 Å². The molecule has 0 saturated carbocycles. The first-order valence-corrected chi connectivity index (χ1v) is 15.0. The van der Waals surface area contributed by atoms with E-state index in [1.807, 2.05) is 19.9 Å². The van der Waals surface area contributed by atoms with E-state index in [-0.39, 0.29) is 11.6 Å². The highest BCUT2D eigenvalue weighted by atomic mass is 127. The SMILES string of the molecule is CC.COC(=O)c1ccc(C2CN(C)CCN2Cc2c(OC)cc(C)c3c2ccn3SI)cc1F.